The van der Waals surface area contributed by atoms with E-state index in [0.717, 1.165) is 0 Å². The molecule has 0 aliphatic heterocycles. The number of benzene rings is 1. The molecule has 6 nitrogen and oxygen atoms in total. The van der Waals surface area contributed by atoms with Crippen LogP contribution >= 0.6 is 0 Å². The van der Waals surface area contributed by atoms with Crippen molar-refractivity contribution in [2.45, 2.75) is 0 Å². The van der Waals surface area contributed by atoms with Gasteiger partial charge in [0.05, 0.1) is 26.0 Å². The molecule has 94 valence electrons. The number of carbonyl (C=O) groups is 1. The number of aromatic amines is 1. The Hall–Kier alpha value is -2.50. The van der Waals surface area contributed by atoms with Crippen molar-refractivity contribution in [1.29, 1.82) is 0 Å². The predicted octanol–water partition coefficient (Wildman–Crippen LogP) is 1.49. The number of nitrogens with two attached hydrogens (primary N) is 1. The van der Waals surface area contributed by atoms with E-state index >= 15 is 0 Å². The van der Waals surface area contributed by atoms with Gasteiger partial charge in [-0.05, 0) is 12.1 Å². The van der Waals surface area contributed by atoms with E-state index in [0.29, 0.717) is 40.3 Å². The highest BCUT2D eigenvalue weighted by Gasteiger charge is 2.18. The fraction of sp³-hybridized carbons (Fsp3) is 0.167. The van der Waals surface area contributed by atoms with Gasteiger partial charge in [-0.1, -0.05) is 0 Å². The molecule has 0 fully saturated rings. The number of methoxy groups -OCH3 is 2. The van der Waals surface area contributed by atoms with E-state index in [9.17, 15) is 4.79 Å². The molecular formula is C12H13N3O3. The van der Waals surface area contributed by atoms with Crippen LogP contribution in [0.1, 0.15) is 10.4 Å². The molecule has 2 aromatic rings. The molecule has 6 heteroatoms. The molecule has 0 aliphatic carbocycles. The van der Waals surface area contributed by atoms with Gasteiger partial charge in [0.25, 0.3) is 0 Å². The molecule has 1 aromatic heterocycles. The van der Waals surface area contributed by atoms with Gasteiger partial charge in [-0.3, -0.25) is 9.89 Å². The fourth-order valence-corrected chi connectivity index (χ4v) is 1.81. The largest absolute Gasteiger partial charge is 0.492 e. The monoisotopic (exact) mass is 247 g/mol. The topological polar surface area (TPSA) is 90.2 Å². The molecule has 0 amide bonds. The molecule has 0 saturated heterocycles. The highest BCUT2D eigenvalue weighted by molar-refractivity contribution is 5.88. The summed E-state index contributed by atoms with van der Waals surface area (Å²) in [6.45, 7) is 0. The molecule has 3 N–H and O–H groups in total. The number of hydrogen-bond donors (Lipinski definition) is 2. The first kappa shape index (κ1) is 12.0. The quantitative estimate of drug-likeness (QED) is 0.799. The van der Waals surface area contributed by atoms with Crippen molar-refractivity contribution in [1.82, 2.24) is 10.2 Å². The Morgan fingerprint density at radius 1 is 1.22 bits per heavy atom. The number of ether oxygens (including phenoxy) is 2. The molecule has 2 rings (SSSR count). The molecule has 0 aliphatic rings. The number of nitrogen functional groups attached to an aromatic ring is 1. The summed E-state index contributed by atoms with van der Waals surface area (Å²) in [6.07, 6.45) is 2.30. The summed E-state index contributed by atoms with van der Waals surface area (Å²) in [6, 6.07) is 3.39. The molecular weight excluding hydrogens is 234 g/mol. The summed E-state index contributed by atoms with van der Waals surface area (Å²) in [4.78, 5) is 10.9. The first-order valence-electron chi connectivity index (χ1n) is 5.22. The van der Waals surface area contributed by atoms with Gasteiger partial charge in [0.15, 0.2) is 17.8 Å². The Balaban J connectivity index is 2.69. The highest BCUT2D eigenvalue weighted by Crippen LogP contribution is 2.41. The Morgan fingerprint density at radius 2 is 1.94 bits per heavy atom. The summed E-state index contributed by atoms with van der Waals surface area (Å²) in [5, 5.41) is 6.50. The lowest BCUT2D eigenvalue weighted by Gasteiger charge is -2.13. The van der Waals surface area contributed by atoms with Gasteiger partial charge < -0.3 is 15.2 Å². The van der Waals surface area contributed by atoms with Crippen LogP contribution in [0.2, 0.25) is 0 Å². The zero-order chi connectivity index (χ0) is 13.1. The lowest BCUT2D eigenvalue weighted by Crippen LogP contribution is -1.98. The van der Waals surface area contributed by atoms with Crippen molar-refractivity contribution in [2.75, 3.05) is 20.0 Å². The average molecular weight is 247 g/mol. The minimum Gasteiger partial charge on any atom is -0.492 e. The van der Waals surface area contributed by atoms with E-state index in [1.165, 1.54) is 14.2 Å². The number of nitrogens with zero attached hydrogens (tertiary/aromatic N) is 1. The van der Waals surface area contributed by atoms with Crippen LogP contribution in [-0.2, 0) is 0 Å². The Kier molecular flexibility index (Phi) is 3.18. The second kappa shape index (κ2) is 4.79. The van der Waals surface area contributed by atoms with Crippen LogP contribution in [0.15, 0.2) is 18.3 Å². The van der Waals surface area contributed by atoms with Gasteiger partial charge in [0, 0.05) is 11.1 Å². The second-order valence-corrected chi connectivity index (χ2v) is 3.58. The number of anilines is 1. The van der Waals surface area contributed by atoms with Crippen molar-refractivity contribution in [2.24, 2.45) is 0 Å². The number of rotatable bonds is 4. The maximum atomic E-state index is 10.9. The predicted molar refractivity (Wildman–Crippen MR) is 66.9 cm³/mol. The maximum absolute atomic E-state index is 10.9. The number of H-pyrrole nitrogens is 1. The van der Waals surface area contributed by atoms with Crippen LogP contribution in [0.3, 0.4) is 0 Å². The van der Waals surface area contributed by atoms with Crippen LogP contribution in [0.25, 0.3) is 11.1 Å². The highest BCUT2D eigenvalue weighted by atomic mass is 16.5. The molecule has 0 radical (unpaired) electrons. The lowest BCUT2D eigenvalue weighted by atomic mass is 10.0. The normalized spacial score (nSPS) is 10.1. The van der Waals surface area contributed by atoms with Crippen molar-refractivity contribution in [3.05, 3.63) is 23.9 Å². The third-order valence-electron chi connectivity index (χ3n) is 2.64. The summed E-state index contributed by atoms with van der Waals surface area (Å²) in [7, 11) is 2.99. The zero-order valence-corrected chi connectivity index (χ0v) is 10.1. The van der Waals surface area contributed by atoms with E-state index < -0.39 is 0 Å². The summed E-state index contributed by atoms with van der Waals surface area (Å²) in [5.41, 5.74) is 7.60. The molecule has 0 atom stereocenters. The lowest BCUT2D eigenvalue weighted by molar-refractivity contribution is 0.112. The first-order valence-corrected chi connectivity index (χ1v) is 5.22. The van der Waals surface area contributed by atoms with Gasteiger partial charge in [0.2, 0.25) is 0 Å². The maximum Gasteiger partial charge on any atom is 0.171 e. The van der Waals surface area contributed by atoms with Crippen LogP contribution in [0.4, 0.5) is 5.82 Å². The Morgan fingerprint density at radius 3 is 2.44 bits per heavy atom. The van der Waals surface area contributed by atoms with E-state index in [2.05, 4.69) is 10.2 Å². The van der Waals surface area contributed by atoms with Crippen LogP contribution in [0.5, 0.6) is 11.5 Å². The number of nitrogens with one attached hydrogen (secondary N) is 1. The number of aromatic nitrogens is 2. The van der Waals surface area contributed by atoms with Crippen molar-refractivity contribution in [3.8, 4) is 22.6 Å². The van der Waals surface area contributed by atoms with Crippen LogP contribution < -0.4 is 15.2 Å². The molecule has 1 heterocycles. The van der Waals surface area contributed by atoms with E-state index in [-0.39, 0.29) is 0 Å². The van der Waals surface area contributed by atoms with E-state index in [4.69, 9.17) is 15.2 Å². The molecule has 1 aromatic carbocycles. The van der Waals surface area contributed by atoms with Crippen molar-refractivity contribution in [3.63, 3.8) is 0 Å². The van der Waals surface area contributed by atoms with Gasteiger partial charge in [0.1, 0.15) is 5.82 Å². The summed E-state index contributed by atoms with van der Waals surface area (Å²) >= 11 is 0. The Labute approximate surface area is 104 Å². The van der Waals surface area contributed by atoms with Gasteiger partial charge >= 0.3 is 0 Å². The standard InChI is InChI=1S/C12H13N3O3/c1-17-10-7(6-16)3-4-8(11(10)18-2)9-5-14-15-12(9)13/h3-6H,1-2H3,(H3,13,14,15). The second-order valence-electron chi connectivity index (χ2n) is 3.58. The van der Waals surface area contributed by atoms with Crippen LogP contribution in [-0.4, -0.2) is 30.7 Å². The van der Waals surface area contributed by atoms with Gasteiger partial charge in [-0.2, -0.15) is 5.10 Å². The first-order chi connectivity index (χ1) is 8.72. The number of hydrogen-bond acceptors (Lipinski definition) is 5. The molecule has 0 bridgehead atoms. The minimum absolute atomic E-state index is 0.380. The van der Waals surface area contributed by atoms with Crippen LogP contribution in [0, 0.1) is 0 Å². The van der Waals surface area contributed by atoms with Crippen molar-refractivity contribution >= 4 is 12.1 Å². The SMILES string of the molecule is COc1c(C=O)ccc(-c2cn[nH]c2N)c1OC. The molecule has 0 saturated carbocycles. The third kappa shape index (κ3) is 1.77. The third-order valence-corrected chi connectivity index (χ3v) is 2.64. The number of aldehydes is 1. The van der Waals surface area contributed by atoms with Gasteiger partial charge in [-0.25, -0.2) is 0 Å². The Bertz CT molecular complexity index is 578. The molecule has 18 heavy (non-hydrogen) atoms. The molecule has 0 unspecified atom stereocenters. The average Bonchev–Trinajstić information content (AvgIpc) is 2.82. The minimum atomic E-state index is 0.380. The molecule has 0 spiro atoms. The number of carbonyl (C=O) groups excluding carboxylic acids is 1. The summed E-state index contributed by atoms with van der Waals surface area (Å²) < 4.78 is 10.5. The smallest absolute Gasteiger partial charge is 0.171 e. The summed E-state index contributed by atoms with van der Waals surface area (Å²) in [5.74, 6) is 1.26. The van der Waals surface area contributed by atoms with E-state index in [1.807, 2.05) is 0 Å². The van der Waals surface area contributed by atoms with E-state index in [1.54, 1.807) is 18.3 Å². The zero-order valence-electron chi connectivity index (χ0n) is 10.1. The van der Waals surface area contributed by atoms with Gasteiger partial charge in [-0.15, -0.1) is 0 Å². The van der Waals surface area contributed by atoms with Crippen molar-refractivity contribution < 1.29 is 14.3 Å². The fourth-order valence-electron chi connectivity index (χ4n) is 1.81.